The summed E-state index contributed by atoms with van der Waals surface area (Å²) >= 11 is 0. The number of rotatable bonds is 6. The number of anilines is 3. The number of nitrogens with zero attached hydrogens (tertiary/aromatic N) is 4. The second-order valence-electron chi connectivity index (χ2n) is 7.72. The van der Waals surface area contributed by atoms with Gasteiger partial charge in [0.1, 0.15) is 17.2 Å². The molecule has 1 fully saturated rings. The lowest BCUT2D eigenvalue weighted by molar-refractivity contribution is 0.0601. The fourth-order valence-corrected chi connectivity index (χ4v) is 3.82. The van der Waals surface area contributed by atoms with Crippen LogP contribution in [0.15, 0.2) is 54.9 Å². The molecule has 4 heterocycles. The topological polar surface area (TPSA) is 105 Å². The summed E-state index contributed by atoms with van der Waals surface area (Å²) in [6.07, 6.45) is 4.26. The van der Waals surface area contributed by atoms with E-state index in [4.69, 9.17) is 19.4 Å². The van der Waals surface area contributed by atoms with Crippen LogP contribution in [0.2, 0.25) is 0 Å². The third kappa shape index (κ3) is 4.63. The number of aromatic amines is 1. The molecule has 9 heteroatoms. The number of morpholine rings is 1. The number of ether oxygens (including phenoxy) is 2. The van der Waals surface area contributed by atoms with Gasteiger partial charge in [-0.1, -0.05) is 12.1 Å². The monoisotopic (exact) mass is 444 g/mol. The number of H-pyrrole nitrogens is 1. The summed E-state index contributed by atoms with van der Waals surface area (Å²) < 4.78 is 10.2. The maximum absolute atomic E-state index is 11.9. The lowest BCUT2D eigenvalue weighted by atomic mass is 10.2. The van der Waals surface area contributed by atoms with E-state index >= 15 is 0 Å². The Bertz CT molecular complexity index is 1260. The Labute approximate surface area is 190 Å². The summed E-state index contributed by atoms with van der Waals surface area (Å²) in [6, 6.07) is 13.1. The molecule has 0 aliphatic carbocycles. The van der Waals surface area contributed by atoms with Gasteiger partial charge in [0, 0.05) is 37.6 Å². The molecular formula is C24H24N6O3. The standard InChI is InChI=1S/C24H24N6O3/c1-32-24(31)17-3-2-4-18(14-17)27-23-22-19(7-8-25-22)28-20(29-23)13-16-5-6-21(26-15-16)30-9-11-33-12-10-30/h2-8,14-15,25H,9-13H2,1H3,(H,27,28,29). The fourth-order valence-electron chi connectivity index (χ4n) is 3.82. The summed E-state index contributed by atoms with van der Waals surface area (Å²) in [5, 5.41) is 3.31. The van der Waals surface area contributed by atoms with Crippen molar-refractivity contribution in [1.29, 1.82) is 0 Å². The molecule has 5 rings (SSSR count). The van der Waals surface area contributed by atoms with Crippen LogP contribution in [0.5, 0.6) is 0 Å². The van der Waals surface area contributed by atoms with E-state index in [1.165, 1.54) is 7.11 Å². The van der Waals surface area contributed by atoms with Crippen LogP contribution >= 0.6 is 0 Å². The van der Waals surface area contributed by atoms with Crippen molar-refractivity contribution in [2.24, 2.45) is 0 Å². The van der Waals surface area contributed by atoms with E-state index in [9.17, 15) is 4.79 Å². The van der Waals surface area contributed by atoms with Crippen molar-refractivity contribution in [3.8, 4) is 0 Å². The number of aromatic nitrogens is 4. The van der Waals surface area contributed by atoms with Crippen LogP contribution in [0.1, 0.15) is 21.7 Å². The van der Waals surface area contributed by atoms with Crippen molar-refractivity contribution < 1.29 is 14.3 Å². The van der Waals surface area contributed by atoms with Gasteiger partial charge in [0.15, 0.2) is 5.82 Å². The van der Waals surface area contributed by atoms with E-state index in [2.05, 4.69) is 26.3 Å². The molecule has 0 radical (unpaired) electrons. The summed E-state index contributed by atoms with van der Waals surface area (Å²) in [5.74, 6) is 1.88. The minimum absolute atomic E-state index is 0.389. The van der Waals surface area contributed by atoms with Crippen LogP contribution in [-0.2, 0) is 15.9 Å². The van der Waals surface area contributed by atoms with E-state index in [0.29, 0.717) is 23.6 Å². The maximum Gasteiger partial charge on any atom is 0.337 e. The van der Waals surface area contributed by atoms with E-state index in [1.54, 1.807) is 18.2 Å². The second-order valence-corrected chi connectivity index (χ2v) is 7.72. The number of methoxy groups -OCH3 is 1. The Morgan fingerprint density at radius 1 is 1.18 bits per heavy atom. The summed E-state index contributed by atoms with van der Waals surface area (Å²) in [6.45, 7) is 3.16. The zero-order valence-electron chi connectivity index (χ0n) is 18.2. The Balaban J connectivity index is 1.38. The van der Waals surface area contributed by atoms with Gasteiger partial charge in [-0.3, -0.25) is 0 Å². The molecule has 0 saturated carbocycles. The van der Waals surface area contributed by atoms with Crippen LogP contribution in [0.4, 0.5) is 17.3 Å². The Kier molecular flexibility index (Phi) is 5.86. The number of hydrogen-bond donors (Lipinski definition) is 2. The van der Waals surface area contributed by atoms with Gasteiger partial charge >= 0.3 is 5.97 Å². The van der Waals surface area contributed by atoms with Gasteiger partial charge in [0.2, 0.25) is 0 Å². The van der Waals surface area contributed by atoms with E-state index < -0.39 is 0 Å². The lowest BCUT2D eigenvalue weighted by Crippen LogP contribution is -2.36. The molecule has 0 atom stereocenters. The minimum Gasteiger partial charge on any atom is -0.465 e. The van der Waals surface area contributed by atoms with Crippen LogP contribution in [0.3, 0.4) is 0 Å². The van der Waals surface area contributed by atoms with Crippen LogP contribution in [-0.4, -0.2) is 59.3 Å². The normalized spacial score (nSPS) is 13.8. The molecule has 0 amide bonds. The molecule has 0 spiro atoms. The van der Waals surface area contributed by atoms with Crippen molar-refractivity contribution in [1.82, 2.24) is 19.9 Å². The number of carbonyl (C=O) groups excluding carboxylic acids is 1. The first-order valence-corrected chi connectivity index (χ1v) is 10.8. The van der Waals surface area contributed by atoms with Crippen LogP contribution in [0, 0.1) is 0 Å². The Hall–Kier alpha value is -3.98. The zero-order valence-corrected chi connectivity index (χ0v) is 18.2. The van der Waals surface area contributed by atoms with Gasteiger partial charge in [-0.15, -0.1) is 0 Å². The van der Waals surface area contributed by atoms with Gasteiger partial charge < -0.3 is 24.7 Å². The first kappa shape index (κ1) is 20.9. The van der Waals surface area contributed by atoms with Crippen molar-refractivity contribution in [2.45, 2.75) is 6.42 Å². The van der Waals surface area contributed by atoms with Crippen LogP contribution < -0.4 is 10.2 Å². The average Bonchev–Trinajstić information content (AvgIpc) is 3.34. The largest absolute Gasteiger partial charge is 0.465 e. The quantitative estimate of drug-likeness (QED) is 0.437. The molecule has 168 valence electrons. The smallest absolute Gasteiger partial charge is 0.337 e. The highest BCUT2D eigenvalue weighted by Crippen LogP contribution is 2.24. The average molecular weight is 444 g/mol. The predicted molar refractivity (Wildman–Crippen MR) is 125 cm³/mol. The van der Waals surface area contributed by atoms with E-state index in [1.807, 2.05) is 30.6 Å². The molecule has 0 unspecified atom stereocenters. The van der Waals surface area contributed by atoms with Gasteiger partial charge in [-0.05, 0) is 35.9 Å². The number of esters is 1. The molecule has 9 nitrogen and oxygen atoms in total. The molecule has 1 aliphatic rings. The van der Waals surface area contributed by atoms with Gasteiger partial charge in [-0.2, -0.15) is 0 Å². The third-order valence-electron chi connectivity index (χ3n) is 5.51. The highest BCUT2D eigenvalue weighted by atomic mass is 16.5. The molecule has 1 aromatic carbocycles. The first-order chi connectivity index (χ1) is 16.2. The number of benzene rings is 1. The summed E-state index contributed by atoms with van der Waals surface area (Å²) in [4.78, 5) is 31.3. The van der Waals surface area contributed by atoms with Gasteiger partial charge in [0.05, 0.1) is 31.4 Å². The van der Waals surface area contributed by atoms with E-state index in [0.717, 1.165) is 54.4 Å². The predicted octanol–water partition coefficient (Wildman–Crippen LogP) is 3.31. The zero-order chi connectivity index (χ0) is 22.6. The number of fused-ring (bicyclic) bond motifs is 1. The highest BCUT2D eigenvalue weighted by molar-refractivity contribution is 5.92. The number of hydrogen-bond acceptors (Lipinski definition) is 8. The summed E-state index contributed by atoms with van der Waals surface area (Å²) in [7, 11) is 1.37. The Morgan fingerprint density at radius 2 is 2.06 bits per heavy atom. The first-order valence-electron chi connectivity index (χ1n) is 10.8. The van der Waals surface area contributed by atoms with Crippen molar-refractivity contribution in [2.75, 3.05) is 43.6 Å². The molecule has 3 aromatic heterocycles. The number of carbonyl (C=O) groups is 1. The van der Waals surface area contributed by atoms with Crippen molar-refractivity contribution in [3.63, 3.8) is 0 Å². The molecule has 1 aliphatic heterocycles. The lowest BCUT2D eigenvalue weighted by Gasteiger charge is -2.27. The van der Waals surface area contributed by atoms with Gasteiger partial charge in [-0.25, -0.2) is 19.7 Å². The number of pyridine rings is 1. The molecule has 2 N–H and O–H groups in total. The molecule has 0 bridgehead atoms. The molecule has 1 saturated heterocycles. The Morgan fingerprint density at radius 3 is 2.85 bits per heavy atom. The molecular weight excluding hydrogens is 420 g/mol. The second kappa shape index (κ2) is 9.25. The third-order valence-corrected chi connectivity index (χ3v) is 5.51. The summed E-state index contributed by atoms with van der Waals surface area (Å²) in [5.41, 5.74) is 3.83. The van der Waals surface area contributed by atoms with Crippen molar-refractivity contribution in [3.05, 3.63) is 71.8 Å². The highest BCUT2D eigenvalue weighted by Gasteiger charge is 2.14. The SMILES string of the molecule is COC(=O)c1cccc(Nc2nc(Cc3ccc(N4CCOCC4)nc3)nc3cc[nH]c23)c1. The van der Waals surface area contributed by atoms with E-state index in [-0.39, 0.29) is 5.97 Å². The fraction of sp³-hybridized carbons (Fsp3) is 0.250. The van der Waals surface area contributed by atoms with Gasteiger partial charge in [0.25, 0.3) is 0 Å². The maximum atomic E-state index is 11.9. The van der Waals surface area contributed by atoms with Crippen LogP contribution in [0.25, 0.3) is 11.0 Å². The molecule has 4 aromatic rings. The number of nitrogens with one attached hydrogen (secondary N) is 2. The van der Waals surface area contributed by atoms with Crippen molar-refractivity contribution >= 4 is 34.3 Å². The molecule has 33 heavy (non-hydrogen) atoms. The minimum atomic E-state index is -0.389.